The first kappa shape index (κ1) is 22.1. The van der Waals surface area contributed by atoms with Crippen LogP contribution in [0.5, 0.6) is 0 Å². The van der Waals surface area contributed by atoms with Gasteiger partial charge in [-0.2, -0.15) is 0 Å². The molecule has 2 fully saturated rings. The topological polar surface area (TPSA) is 100 Å². The Morgan fingerprint density at radius 3 is 1.97 bits per heavy atom. The number of amides is 3. The highest BCUT2D eigenvalue weighted by Crippen LogP contribution is 2.23. The summed E-state index contributed by atoms with van der Waals surface area (Å²) in [5.74, 6) is -0.761. The van der Waals surface area contributed by atoms with E-state index in [1.807, 2.05) is 0 Å². The van der Waals surface area contributed by atoms with Crippen LogP contribution in [0.1, 0.15) is 95.5 Å². The molecule has 4 rings (SSSR count). The van der Waals surface area contributed by atoms with Crippen molar-refractivity contribution in [2.24, 2.45) is 0 Å². The quantitative estimate of drug-likeness (QED) is 0.612. The van der Waals surface area contributed by atoms with Gasteiger partial charge in [0.1, 0.15) is 0 Å². The molecule has 1 aromatic carbocycles. The van der Waals surface area contributed by atoms with Crippen LogP contribution in [0, 0.1) is 0 Å². The van der Waals surface area contributed by atoms with Gasteiger partial charge in [0.15, 0.2) is 5.76 Å². The van der Waals surface area contributed by atoms with E-state index < -0.39 is 5.91 Å². The molecule has 2 aliphatic carbocycles. The molecular formula is C25H31N3O4. The lowest BCUT2D eigenvalue weighted by Crippen LogP contribution is -2.37. The first-order valence-electron chi connectivity index (χ1n) is 11.7. The summed E-state index contributed by atoms with van der Waals surface area (Å²) in [6, 6.07) is 8.33. The average molecular weight is 438 g/mol. The average Bonchev–Trinajstić information content (AvgIpc) is 3.35. The maximum atomic E-state index is 13.0. The first-order valence-corrected chi connectivity index (χ1v) is 11.7. The Hall–Kier alpha value is -3.09. The number of nitrogens with one attached hydrogen (secondary N) is 3. The molecule has 0 bridgehead atoms. The van der Waals surface area contributed by atoms with Gasteiger partial charge in [-0.15, -0.1) is 0 Å². The van der Waals surface area contributed by atoms with Crippen LogP contribution in [-0.2, 0) is 0 Å². The van der Waals surface area contributed by atoms with Crippen molar-refractivity contribution in [3.63, 3.8) is 0 Å². The standard InChI is InChI=1S/C25H31N3O4/c29-23(26-18-8-3-1-4-9-18)17-13-14-20(24(30)27-19-10-5-2-6-11-19)21(16-17)28-25(31)22-12-7-15-32-22/h7,12-16,18-19H,1-6,8-11H2,(H,26,29)(H,27,30)(H,28,31). The molecule has 0 spiro atoms. The molecule has 7 nitrogen and oxygen atoms in total. The van der Waals surface area contributed by atoms with Crippen molar-refractivity contribution in [2.45, 2.75) is 76.3 Å². The van der Waals surface area contributed by atoms with Crippen LogP contribution in [-0.4, -0.2) is 29.8 Å². The molecule has 0 saturated heterocycles. The normalized spacial score (nSPS) is 17.5. The van der Waals surface area contributed by atoms with Crippen molar-refractivity contribution in [3.8, 4) is 0 Å². The third kappa shape index (κ3) is 5.58. The summed E-state index contributed by atoms with van der Waals surface area (Å²) in [5, 5.41) is 8.93. The fourth-order valence-corrected chi connectivity index (χ4v) is 4.60. The van der Waals surface area contributed by atoms with Crippen molar-refractivity contribution in [3.05, 3.63) is 53.5 Å². The van der Waals surface area contributed by atoms with Gasteiger partial charge in [0, 0.05) is 17.6 Å². The van der Waals surface area contributed by atoms with E-state index in [1.165, 1.54) is 19.1 Å². The summed E-state index contributed by atoms with van der Waals surface area (Å²) in [5.41, 5.74) is 1.06. The molecule has 7 heteroatoms. The summed E-state index contributed by atoms with van der Waals surface area (Å²) < 4.78 is 5.18. The highest BCUT2D eigenvalue weighted by molar-refractivity contribution is 6.09. The molecule has 0 radical (unpaired) electrons. The minimum atomic E-state index is -0.466. The lowest BCUT2D eigenvalue weighted by atomic mass is 9.95. The summed E-state index contributed by atoms with van der Waals surface area (Å²) >= 11 is 0. The van der Waals surface area contributed by atoms with E-state index in [-0.39, 0.29) is 29.7 Å². The molecule has 2 aromatic rings. The molecule has 2 saturated carbocycles. The van der Waals surface area contributed by atoms with Gasteiger partial charge in [0.2, 0.25) is 0 Å². The van der Waals surface area contributed by atoms with E-state index in [9.17, 15) is 14.4 Å². The van der Waals surface area contributed by atoms with Crippen molar-refractivity contribution in [1.29, 1.82) is 0 Å². The number of anilines is 1. The van der Waals surface area contributed by atoms with E-state index in [0.29, 0.717) is 16.8 Å². The SMILES string of the molecule is O=C(NC1CCCCC1)c1ccc(C(=O)NC2CCCCC2)c(NC(=O)c2ccco2)c1. The van der Waals surface area contributed by atoms with E-state index in [4.69, 9.17) is 4.42 Å². The Morgan fingerprint density at radius 1 is 0.750 bits per heavy atom. The Morgan fingerprint density at radius 2 is 1.38 bits per heavy atom. The van der Waals surface area contributed by atoms with Gasteiger partial charge in [0.25, 0.3) is 17.7 Å². The third-order valence-corrected chi connectivity index (χ3v) is 6.40. The molecule has 0 aliphatic heterocycles. The lowest BCUT2D eigenvalue weighted by molar-refractivity contribution is 0.0915. The highest BCUT2D eigenvalue weighted by atomic mass is 16.3. The number of benzene rings is 1. The van der Waals surface area contributed by atoms with Crippen LogP contribution < -0.4 is 16.0 Å². The molecule has 32 heavy (non-hydrogen) atoms. The Balaban J connectivity index is 1.54. The van der Waals surface area contributed by atoms with Crippen LogP contribution in [0.3, 0.4) is 0 Å². The predicted octanol–water partition coefficient (Wildman–Crippen LogP) is 4.66. The molecule has 170 valence electrons. The highest BCUT2D eigenvalue weighted by Gasteiger charge is 2.23. The Bertz CT molecular complexity index is 942. The zero-order chi connectivity index (χ0) is 22.3. The van der Waals surface area contributed by atoms with Crippen LogP contribution in [0.4, 0.5) is 5.69 Å². The lowest BCUT2D eigenvalue weighted by Gasteiger charge is -2.24. The van der Waals surface area contributed by atoms with Crippen molar-refractivity contribution < 1.29 is 18.8 Å². The first-order chi connectivity index (χ1) is 15.6. The molecule has 1 heterocycles. The van der Waals surface area contributed by atoms with E-state index in [2.05, 4.69) is 16.0 Å². The molecule has 0 atom stereocenters. The van der Waals surface area contributed by atoms with Gasteiger partial charge >= 0.3 is 0 Å². The van der Waals surface area contributed by atoms with Crippen LogP contribution in [0.15, 0.2) is 41.0 Å². The van der Waals surface area contributed by atoms with Crippen molar-refractivity contribution in [1.82, 2.24) is 10.6 Å². The summed E-state index contributed by atoms with van der Waals surface area (Å²) in [6.07, 6.45) is 12.2. The van der Waals surface area contributed by atoms with Crippen LogP contribution in [0.2, 0.25) is 0 Å². The molecule has 0 unspecified atom stereocenters. The summed E-state index contributed by atoms with van der Waals surface area (Å²) in [6.45, 7) is 0. The van der Waals surface area contributed by atoms with Crippen LogP contribution >= 0.6 is 0 Å². The van der Waals surface area contributed by atoms with Gasteiger partial charge in [-0.05, 0) is 56.0 Å². The predicted molar refractivity (Wildman–Crippen MR) is 122 cm³/mol. The summed E-state index contributed by atoms with van der Waals surface area (Å²) in [7, 11) is 0. The minimum Gasteiger partial charge on any atom is -0.459 e. The number of furan rings is 1. The fraction of sp³-hybridized carbons (Fsp3) is 0.480. The molecule has 3 amide bonds. The second kappa shape index (κ2) is 10.5. The van der Waals surface area contributed by atoms with E-state index in [0.717, 1.165) is 51.4 Å². The zero-order valence-electron chi connectivity index (χ0n) is 18.3. The number of carbonyl (C=O) groups is 3. The maximum absolute atomic E-state index is 13.0. The Kier molecular flexibility index (Phi) is 7.24. The molecule has 2 aliphatic rings. The second-order valence-corrected chi connectivity index (χ2v) is 8.81. The maximum Gasteiger partial charge on any atom is 0.291 e. The minimum absolute atomic E-state index is 0.138. The molecule has 1 aromatic heterocycles. The zero-order valence-corrected chi connectivity index (χ0v) is 18.3. The molecule has 3 N–H and O–H groups in total. The molecular weight excluding hydrogens is 406 g/mol. The van der Waals surface area contributed by atoms with Gasteiger partial charge in [-0.1, -0.05) is 38.5 Å². The monoisotopic (exact) mass is 437 g/mol. The third-order valence-electron chi connectivity index (χ3n) is 6.40. The second-order valence-electron chi connectivity index (χ2n) is 8.81. The van der Waals surface area contributed by atoms with Crippen molar-refractivity contribution in [2.75, 3.05) is 5.32 Å². The van der Waals surface area contributed by atoms with E-state index in [1.54, 1.807) is 30.3 Å². The van der Waals surface area contributed by atoms with Gasteiger partial charge in [0.05, 0.1) is 17.5 Å². The largest absolute Gasteiger partial charge is 0.459 e. The van der Waals surface area contributed by atoms with Gasteiger partial charge < -0.3 is 20.4 Å². The smallest absolute Gasteiger partial charge is 0.291 e. The summed E-state index contributed by atoms with van der Waals surface area (Å²) in [4.78, 5) is 38.4. The van der Waals surface area contributed by atoms with Crippen molar-refractivity contribution >= 4 is 23.4 Å². The number of carbonyl (C=O) groups excluding carboxylic acids is 3. The Labute approximate surface area is 188 Å². The number of rotatable bonds is 6. The van der Waals surface area contributed by atoms with Gasteiger partial charge in [-0.25, -0.2) is 0 Å². The van der Waals surface area contributed by atoms with Crippen LogP contribution in [0.25, 0.3) is 0 Å². The van der Waals surface area contributed by atoms with Gasteiger partial charge in [-0.3, -0.25) is 14.4 Å². The number of hydrogen-bond acceptors (Lipinski definition) is 4. The fourth-order valence-electron chi connectivity index (χ4n) is 4.60. The van der Waals surface area contributed by atoms with E-state index >= 15 is 0 Å². The number of hydrogen-bond donors (Lipinski definition) is 3.